The van der Waals surface area contributed by atoms with Gasteiger partial charge in [-0.3, -0.25) is 5.32 Å². The van der Waals surface area contributed by atoms with E-state index in [1.54, 1.807) is 22.7 Å². The first-order chi connectivity index (χ1) is 13.2. The fourth-order valence-electron chi connectivity index (χ4n) is 3.07. The Bertz CT molecular complexity index is 990. The van der Waals surface area contributed by atoms with Crippen molar-refractivity contribution in [1.29, 1.82) is 0 Å². The van der Waals surface area contributed by atoms with Crippen LogP contribution in [0.15, 0.2) is 58.3 Å². The molecule has 6 heteroatoms. The largest absolute Gasteiger partial charge is 0.419 e. The summed E-state index contributed by atoms with van der Waals surface area (Å²) in [4.78, 5) is 3.67. The number of thiophene rings is 2. The Morgan fingerprint density at radius 3 is 2.67 bits per heavy atom. The van der Waals surface area contributed by atoms with Crippen molar-refractivity contribution < 1.29 is 4.42 Å². The minimum absolute atomic E-state index is 0.109. The molecule has 0 aliphatic rings. The van der Waals surface area contributed by atoms with Crippen LogP contribution in [0.4, 0.5) is 0 Å². The number of aromatic nitrogens is 2. The standard InChI is InChI=1S/C21H21N3OS2/c1-3-16-14(2)12-18(27-16)21-24-23-19(25-21)13-22-20(17-10-7-11-26-17)15-8-5-4-6-9-15/h4-12,20,22H,3,13H2,1-2H3/t20-/m0/s1. The van der Waals surface area contributed by atoms with Gasteiger partial charge in [-0.1, -0.05) is 43.3 Å². The van der Waals surface area contributed by atoms with E-state index in [4.69, 9.17) is 4.42 Å². The smallest absolute Gasteiger partial charge is 0.257 e. The van der Waals surface area contributed by atoms with Crippen molar-refractivity contribution >= 4 is 22.7 Å². The van der Waals surface area contributed by atoms with Crippen LogP contribution in [0.25, 0.3) is 10.8 Å². The summed E-state index contributed by atoms with van der Waals surface area (Å²) in [7, 11) is 0. The van der Waals surface area contributed by atoms with Gasteiger partial charge in [0.05, 0.1) is 17.5 Å². The van der Waals surface area contributed by atoms with Crippen molar-refractivity contribution in [3.8, 4) is 10.8 Å². The van der Waals surface area contributed by atoms with E-state index in [1.807, 2.05) is 6.07 Å². The van der Waals surface area contributed by atoms with Crippen LogP contribution >= 0.6 is 22.7 Å². The van der Waals surface area contributed by atoms with Crippen molar-refractivity contribution in [2.45, 2.75) is 32.9 Å². The summed E-state index contributed by atoms with van der Waals surface area (Å²) in [5.74, 6) is 1.21. The third-order valence-corrected chi connectivity index (χ3v) is 6.74. The van der Waals surface area contributed by atoms with Crippen LogP contribution in [0, 0.1) is 6.92 Å². The Labute approximate surface area is 166 Å². The van der Waals surface area contributed by atoms with E-state index in [1.165, 1.54) is 20.9 Å². The quantitative estimate of drug-likeness (QED) is 0.442. The maximum atomic E-state index is 5.92. The molecule has 0 aliphatic heterocycles. The highest BCUT2D eigenvalue weighted by Gasteiger charge is 2.17. The summed E-state index contributed by atoms with van der Waals surface area (Å²) < 4.78 is 5.92. The Morgan fingerprint density at radius 2 is 1.96 bits per heavy atom. The molecule has 138 valence electrons. The van der Waals surface area contributed by atoms with Gasteiger partial charge in [-0.05, 0) is 42.0 Å². The highest BCUT2D eigenvalue weighted by molar-refractivity contribution is 7.15. The zero-order valence-corrected chi connectivity index (χ0v) is 16.9. The number of nitrogens with one attached hydrogen (secondary N) is 1. The van der Waals surface area contributed by atoms with Crippen molar-refractivity contribution in [2.24, 2.45) is 0 Å². The summed E-state index contributed by atoms with van der Waals surface area (Å²) in [6.45, 7) is 4.82. The first kappa shape index (κ1) is 18.1. The van der Waals surface area contributed by atoms with Crippen LogP contribution in [0.2, 0.25) is 0 Å². The molecule has 0 amide bonds. The summed E-state index contributed by atoms with van der Waals surface area (Å²) in [5.41, 5.74) is 2.51. The van der Waals surface area contributed by atoms with E-state index in [2.05, 4.69) is 77.2 Å². The number of nitrogens with zero attached hydrogens (tertiary/aromatic N) is 2. The average molecular weight is 396 g/mol. The molecule has 1 aromatic carbocycles. The lowest BCUT2D eigenvalue weighted by molar-refractivity contribution is 0.464. The van der Waals surface area contributed by atoms with Crippen LogP contribution < -0.4 is 5.32 Å². The number of hydrogen-bond donors (Lipinski definition) is 1. The summed E-state index contributed by atoms with van der Waals surface area (Å²) >= 11 is 3.47. The fraction of sp³-hybridized carbons (Fsp3) is 0.238. The van der Waals surface area contributed by atoms with Crippen molar-refractivity contribution in [3.05, 3.63) is 80.7 Å². The Balaban J connectivity index is 1.51. The van der Waals surface area contributed by atoms with E-state index in [9.17, 15) is 0 Å². The van der Waals surface area contributed by atoms with Crippen LogP contribution in [0.3, 0.4) is 0 Å². The van der Waals surface area contributed by atoms with Gasteiger partial charge in [0.1, 0.15) is 0 Å². The first-order valence-electron chi connectivity index (χ1n) is 8.98. The molecule has 4 aromatic rings. The molecule has 0 bridgehead atoms. The van der Waals surface area contributed by atoms with E-state index in [-0.39, 0.29) is 6.04 Å². The molecule has 3 heterocycles. The Morgan fingerprint density at radius 1 is 1.11 bits per heavy atom. The molecule has 3 aromatic heterocycles. The SMILES string of the molecule is CCc1sc(-c2nnc(CN[C@@H](c3ccccc3)c3cccs3)o2)cc1C. The topological polar surface area (TPSA) is 51.0 Å². The Hall–Kier alpha value is -2.28. The Kier molecular flexibility index (Phi) is 5.48. The third kappa shape index (κ3) is 4.03. The van der Waals surface area contributed by atoms with Gasteiger partial charge in [0.25, 0.3) is 5.89 Å². The van der Waals surface area contributed by atoms with E-state index < -0.39 is 0 Å². The lowest BCUT2D eigenvalue weighted by Crippen LogP contribution is -2.21. The summed E-state index contributed by atoms with van der Waals surface area (Å²) in [6.07, 6.45) is 1.03. The molecular formula is C21H21N3OS2. The second-order valence-corrected chi connectivity index (χ2v) is 8.43. The molecule has 27 heavy (non-hydrogen) atoms. The van der Waals surface area contributed by atoms with Gasteiger partial charge in [0, 0.05) is 9.75 Å². The van der Waals surface area contributed by atoms with Gasteiger partial charge >= 0.3 is 0 Å². The number of rotatable bonds is 7. The maximum absolute atomic E-state index is 5.92. The fourth-order valence-corrected chi connectivity index (χ4v) is 4.94. The van der Waals surface area contributed by atoms with Crippen LogP contribution in [-0.2, 0) is 13.0 Å². The van der Waals surface area contributed by atoms with E-state index in [0.717, 1.165) is 11.3 Å². The second kappa shape index (κ2) is 8.17. The minimum Gasteiger partial charge on any atom is -0.419 e. The van der Waals surface area contributed by atoms with Gasteiger partial charge in [-0.15, -0.1) is 32.9 Å². The predicted octanol–water partition coefficient (Wildman–Crippen LogP) is 5.61. The molecule has 0 spiro atoms. The van der Waals surface area contributed by atoms with Crippen molar-refractivity contribution in [3.63, 3.8) is 0 Å². The lowest BCUT2D eigenvalue weighted by atomic mass is 10.1. The van der Waals surface area contributed by atoms with Gasteiger partial charge in [0.15, 0.2) is 0 Å². The van der Waals surface area contributed by atoms with Crippen molar-refractivity contribution in [2.75, 3.05) is 0 Å². The molecule has 0 radical (unpaired) electrons. The third-order valence-electron chi connectivity index (χ3n) is 4.44. The first-order valence-corrected chi connectivity index (χ1v) is 10.7. The van der Waals surface area contributed by atoms with E-state index >= 15 is 0 Å². The monoisotopic (exact) mass is 395 g/mol. The maximum Gasteiger partial charge on any atom is 0.257 e. The average Bonchev–Trinajstić information content (AvgIpc) is 3.43. The molecule has 4 nitrogen and oxygen atoms in total. The molecule has 0 saturated carbocycles. The summed E-state index contributed by atoms with van der Waals surface area (Å²) in [5, 5.41) is 14.1. The minimum atomic E-state index is 0.109. The van der Waals surface area contributed by atoms with E-state index in [0.29, 0.717) is 18.3 Å². The zero-order chi connectivity index (χ0) is 18.6. The lowest BCUT2D eigenvalue weighted by Gasteiger charge is -2.16. The molecule has 1 N–H and O–H groups in total. The summed E-state index contributed by atoms with van der Waals surface area (Å²) in [6, 6.07) is 16.9. The van der Waals surface area contributed by atoms with Crippen molar-refractivity contribution in [1.82, 2.24) is 15.5 Å². The number of hydrogen-bond acceptors (Lipinski definition) is 6. The van der Waals surface area contributed by atoms with Gasteiger partial charge < -0.3 is 4.42 Å². The van der Waals surface area contributed by atoms with Crippen LogP contribution in [-0.4, -0.2) is 10.2 Å². The van der Waals surface area contributed by atoms with Gasteiger partial charge in [-0.25, -0.2) is 0 Å². The molecular weight excluding hydrogens is 374 g/mol. The highest BCUT2D eigenvalue weighted by atomic mass is 32.1. The molecule has 4 rings (SSSR count). The number of benzene rings is 1. The normalized spacial score (nSPS) is 12.4. The van der Waals surface area contributed by atoms with Gasteiger partial charge in [0.2, 0.25) is 5.89 Å². The number of aryl methyl sites for hydroxylation is 2. The highest BCUT2D eigenvalue weighted by Crippen LogP contribution is 2.31. The van der Waals surface area contributed by atoms with Crippen LogP contribution in [0.1, 0.15) is 39.7 Å². The molecule has 0 saturated heterocycles. The molecule has 0 fully saturated rings. The second-order valence-electron chi connectivity index (χ2n) is 6.31. The molecule has 0 aliphatic carbocycles. The molecule has 0 unspecified atom stereocenters. The predicted molar refractivity (Wildman–Crippen MR) is 111 cm³/mol. The molecule has 1 atom stereocenters. The zero-order valence-electron chi connectivity index (χ0n) is 15.3. The van der Waals surface area contributed by atoms with Gasteiger partial charge in [-0.2, -0.15) is 0 Å². The van der Waals surface area contributed by atoms with Crippen LogP contribution in [0.5, 0.6) is 0 Å².